The maximum absolute atomic E-state index is 13.8. The zero-order valence-corrected chi connectivity index (χ0v) is 28.6. The molecule has 47 heavy (non-hydrogen) atoms. The van der Waals surface area contributed by atoms with Crippen molar-refractivity contribution in [3.8, 4) is 0 Å². The van der Waals surface area contributed by atoms with E-state index in [1.165, 1.54) is 9.18 Å². The third-order valence-corrected chi connectivity index (χ3v) is 12.6. The number of anilines is 1. The molecule has 3 aromatic rings. The first-order valence-electron chi connectivity index (χ1n) is 16.0. The van der Waals surface area contributed by atoms with E-state index in [4.69, 9.17) is 20.4 Å². The Morgan fingerprint density at radius 3 is 2.49 bits per heavy atom. The summed E-state index contributed by atoms with van der Waals surface area (Å²) in [4.78, 5) is 35.1. The molecule has 0 aliphatic carbocycles. The number of dihydropyridines is 1. The standard InChI is InChI=1S/C33H40N8O4S2/c1-22-17-25-26(19-35-20-28(25)41(22)47(43,44)24-7-5-4-6-8-24)30-36-27-18-23(46-29(27)31(37-30)39-13-15-45-16-14-39)21-38-9-11-40(12-10-38)33(2,3)32(34)42/h4-8,17-19,28H,9-16,20-21H2,1-3H3,(H2,34,42). The third kappa shape index (κ3) is 5.86. The first kappa shape index (κ1) is 31.9. The molecule has 6 heterocycles. The first-order chi connectivity index (χ1) is 22.5. The summed E-state index contributed by atoms with van der Waals surface area (Å²) < 4.78 is 35.7. The number of hydrogen-bond acceptors (Lipinski definition) is 11. The fourth-order valence-corrected chi connectivity index (χ4v) is 9.58. The number of sulfonamides is 1. The first-order valence-corrected chi connectivity index (χ1v) is 18.2. The number of thiophene rings is 1. The number of primary amides is 1. The van der Waals surface area contributed by atoms with E-state index in [0.717, 1.165) is 73.0 Å². The van der Waals surface area contributed by atoms with Gasteiger partial charge in [0.05, 0.1) is 46.5 Å². The van der Waals surface area contributed by atoms with Crippen molar-refractivity contribution in [2.24, 2.45) is 10.7 Å². The van der Waals surface area contributed by atoms with Crippen molar-refractivity contribution in [2.45, 2.75) is 43.8 Å². The third-order valence-electron chi connectivity index (χ3n) is 9.57. The van der Waals surface area contributed by atoms with Gasteiger partial charge in [-0.3, -0.25) is 23.9 Å². The van der Waals surface area contributed by atoms with Crippen LogP contribution in [0.3, 0.4) is 0 Å². The van der Waals surface area contributed by atoms with Crippen molar-refractivity contribution >= 4 is 55.1 Å². The van der Waals surface area contributed by atoms with Crippen molar-refractivity contribution in [2.75, 3.05) is 63.9 Å². The maximum atomic E-state index is 13.8. The molecule has 7 rings (SSSR count). The summed E-state index contributed by atoms with van der Waals surface area (Å²) in [6.45, 7) is 12.6. The number of fused-ring (bicyclic) bond motifs is 2. The van der Waals surface area contributed by atoms with Crippen LogP contribution >= 0.6 is 11.3 Å². The summed E-state index contributed by atoms with van der Waals surface area (Å²) in [6, 6.07) is 10.2. The van der Waals surface area contributed by atoms with Crippen LogP contribution in [-0.4, -0.2) is 115 Å². The van der Waals surface area contributed by atoms with Crippen LogP contribution in [0.25, 0.3) is 15.8 Å². The number of piperazine rings is 1. The number of amides is 1. The summed E-state index contributed by atoms with van der Waals surface area (Å²) in [5.41, 5.74) is 8.10. The van der Waals surface area contributed by atoms with Crippen LogP contribution < -0.4 is 10.6 Å². The van der Waals surface area contributed by atoms with Gasteiger partial charge in [0.1, 0.15) is 0 Å². The molecule has 4 aliphatic heterocycles. The molecule has 1 aromatic carbocycles. The van der Waals surface area contributed by atoms with Crippen LogP contribution in [-0.2, 0) is 26.1 Å². The van der Waals surface area contributed by atoms with Gasteiger partial charge in [-0.1, -0.05) is 18.2 Å². The van der Waals surface area contributed by atoms with Gasteiger partial charge in [0, 0.05) is 68.2 Å². The van der Waals surface area contributed by atoms with E-state index in [-0.39, 0.29) is 10.8 Å². The lowest BCUT2D eigenvalue weighted by atomic mass is 10.00. The number of rotatable bonds is 8. The summed E-state index contributed by atoms with van der Waals surface area (Å²) in [7, 11) is -3.79. The fraction of sp³-hybridized carbons (Fsp3) is 0.455. The van der Waals surface area contributed by atoms with Crippen molar-refractivity contribution in [3.05, 3.63) is 64.4 Å². The fourth-order valence-electron chi connectivity index (χ4n) is 6.75. The Kier molecular flexibility index (Phi) is 8.41. The van der Waals surface area contributed by atoms with Crippen LogP contribution in [0.1, 0.15) is 31.5 Å². The topological polar surface area (TPSA) is 138 Å². The number of carbonyl (C=O) groups excluding carboxylic acids is 1. The molecular weight excluding hydrogens is 637 g/mol. The second kappa shape index (κ2) is 12.4. The van der Waals surface area contributed by atoms with Crippen LogP contribution in [0.15, 0.2) is 63.6 Å². The molecule has 1 unspecified atom stereocenters. The number of aliphatic imine (C=N–C) groups is 1. The molecule has 0 radical (unpaired) electrons. The Bertz CT molecular complexity index is 1890. The largest absolute Gasteiger partial charge is 0.378 e. The van der Waals surface area contributed by atoms with Crippen molar-refractivity contribution < 1.29 is 17.9 Å². The minimum Gasteiger partial charge on any atom is -0.378 e. The van der Waals surface area contributed by atoms with E-state index < -0.39 is 21.6 Å². The van der Waals surface area contributed by atoms with Crippen LogP contribution in [0.4, 0.5) is 5.82 Å². The van der Waals surface area contributed by atoms with Gasteiger partial charge in [0.2, 0.25) is 5.91 Å². The molecule has 0 saturated carbocycles. The molecular formula is C33H40N8O4S2. The number of nitrogens with two attached hydrogens (primary N) is 1. The number of benzene rings is 1. The second-order valence-electron chi connectivity index (χ2n) is 12.9. The zero-order valence-electron chi connectivity index (χ0n) is 26.9. The summed E-state index contributed by atoms with van der Waals surface area (Å²) in [5, 5.41) is 0. The Hall–Kier alpha value is -3.69. The van der Waals surface area contributed by atoms with Crippen LogP contribution in [0, 0.1) is 0 Å². The normalized spacial score (nSPS) is 21.4. The highest BCUT2D eigenvalue weighted by molar-refractivity contribution is 7.89. The van der Waals surface area contributed by atoms with E-state index in [1.54, 1.807) is 41.8 Å². The predicted molar refractivity (Wildman–Crippen MR) is 184 cm³/mol. The number of hydrogen-bond donors (Lipinski definition) is 1. The molecule has 1 atom stereocenters. The molecule has 0 spiro atoms. The Morgan fingerprint density at radius 2 is 1.79 bits per heavy atom. The van der Waals surface area contributed by atoms with Gasteiger partial charge in [-0.05, 0) is 50.6 Å². The number of allylic oxidation sites excluding steroid dienone is 2. The van der Waals surface area contributed by atoms with Gasteiger partial charge in [-0.2, -0.15) is 0 Å². The lowest BCUT2D eigenvalue weighted by molar-refractivity contribution is -0.129. The minimum atomic E-state index is -3.79. The predicted octanol–water partition coefficient (Wildman–Crippen LogP) is 2.72. The van der Waals surface area contributed by atoms with Crippen molar-refractivity contribution in [1.29, 1.82) is 0 Å². The molecule has 248 valence electrons. The van der Waals surface area contributed by atoms with E-state index in [1.807, 2.05) is 32.9 Å². The summed E-state index contributed by atoms with van der Waals surface area (Å²) in [6.07, 6.45) is 3.73. The Balaban J connectivity index is 1.22. The molecule has 1 amide bonds. The smallest absolute Gasteiger partial charge is 0.264 e. The van der Waals surface area contributed by atoms with E-state index in [2.05, 4.69) is 25.8 Å². The molecule has 2 fully saturated rings. The summed E-state index contributed by atoms with van der Waals surface area (Å²) >= 11 is 1.71. The van der Waals surface area contributed by atoms with Crippen LogP contribution in [0.5, 0.6) is 0 Å². The van der Waals surface area contributed by atoms with E-state index in [9.17, 15) is 13.2 Å². The number of nitrogens with zero attached hydrogens (tertiary/aromatic N) is 7. The molecule has 2 saturated heterocycles. The highest BCUT2D eigenvalue weighted by atomic mass is 32.2. The van der Waals surface area contributed by atoms with Crippen LogP contribution in [0.2, 0.25) is 0 Å². The van der Waals surface area contributed by atoms with E-state index >= 15 is 0 Å². The number of morpholine rings is 1. The molecule has 2 N–H and O–H groups in total. The molecule has 4 aliphatic rings. The number of carbonyl (C=O) groups is 1. The van der Waals surface area contributed by atoms with Crippen molar-refractivity contribution in [1.82, 2.24) is 24.1 Å². The molecule has 2 aromatic heterocycles. The van der Waals surface area contributed by atoms with Gasteiger partial charge < -0.3 is 15.4 Å². The lowest BCUT2D eigenvalue weighted by Gasteiger charge is -2.42. The van der Waals surface area contributed by atoms with Crippen molar-refractivity contribution in [3.63, 3.8) is 0 Å². The lowest BCUT2D eigenvalue weighted by Crippen LogP contribution is -2.59. The van der Waals surface area contributed by atoms with Gasteiger partial charge in [0.15, 0.2) is 11.6 Å². The van der Waals surface area contributed by atoms with Gasteiger partial charge in [-0.25, -0.2) is 18.4 Å². The van der Waals surface area contributed by atoms with E-state index in [0.29, 0.717) is 31.3 Å². The quantitative estimate of drug-likeness (QED) is 0.382. The number of aromatic nitrogens is 2. The highest BCUT2D eigenvalue weighted by Crippen LogP contribution is 2.40. The molecule has 12 nitrogen and oxygen atoms in total. The maximum Gasteiger partial charge on any atom is 0.264 e. The zero-order chi connectivity index (χ0) is 32.9. The van der Waals surface area contributed by atoms with Gasteiger partial charge in [0.25, 0.3) is 10.0 Å². The average Bonchev–Trinajstić information content (AvgIpc) is 3.65. The minimum absolute atomic E-state index is 0.251. The summed E-state index contributed by atoms with van der Waals surface area (Å²) in [5.74, 6) is 1.10. The Labute approximate surface area is 279 Å². The second-order valence-corrected chi connectivity index (χ2v) is 15.8. The van der Waals surface area contributed by atoms with Gasteiger partial charge in [-0.15, -0.1) is 11.3 Å². The Morgan fingerprint density at radius 1 is 1.06 bits per heavy atom. The monoisotopic (exact) mass is 676 g/mol. The highest BCUT2D eigenvalue weighted by Gasteiger charge is 2.40. The molecule has 14 heteroatoms. The van der Waals surface area contributed by atoms with Gasteiger partial charge >= 0.3 is 0 Å². The average molecular weight is 677 g/mol. The molecule has 0 bridgehead atoms. The number of ether oxygens (including phenoxy) is 1. The SMILES string of the molecule is CC1=CC2=C(c3nc(N4CCOCC4)c4sc(CN5CCN(C(C)(C)C(N)=O)CC5)cc4n3)C=NCC2N1S(=O)(=O)c1ccccc1.